The van der Waals surface area contributed by atoms with Crippen LogP contribution in [0, 0.1) is 22.7 Å². The van der Waals surface area contributed by atoms with Crippen molar-refractivity contribution in [3.05, 3.63) is 22.4 Å². The summed E-state index contributed by atoms with van der Waals surface area (Å²) in [6.07, 6.45) is 5.09. The van der Waals surface area contributed by atoms with E-state index >= 15 is 0 Å². The first-order valence-corrected chi connectivity index (χ1v) is 12.3. The summed E-state index contributed by atoms with van der Waals surface area (Å²) in [5.74, 6) is 2.00. The van der Waals surface area contributed by atoms with E-state index in [2.05, 4.69) is 50.5 Å². The number of ether oxygens (including phenoxy) is 1. The summed E-state index contributed by atoms with van der Waals surface area (Å²) in [5.41, 5.74) is 3.74. The molecule has 0 bridgehead atoms. The molecule has 2 saturated carbocycles. The Balaban J connectivity index is 1.51. The van der Waals surface area contributed by atoms with Crippen molar-refractivity contribution in [3.63, 3.8) is 0 Å². The van der Waals surface area contributed by atoms with Gasteiger partial charge in [0.2, 0.25) is 5.91 Å². The molecule has 1 atom stereocenters. The molecular weight excluding hydrogens is 400 g/mol. The van der Waals surface area contributed by atoms with Crippen LogP contribution in [-0.4, -0.2) is 47.1 Å². The van der Waals surface area contributed by atoms with Crippen LogP contribution >= 0.6 is 0 Å². The van der Waals surface area contributed by atoms with E-state index in [1.54, 1.807) is 0 Å². The fourth-order valence-corrected chi connectivity index (χ4v) is 5.39. The third kappa shape index (κ3) is 3.69. The van der Waals surface area contributed by atoms with Crippen molar-refractivity contribution >= 4 is 11.7 Å². The summed E-state index contributed by atoms with van der Waals surface area (Å²) in [5, 5.41) is 10.2. The van der Waals surface area contributed by atoms with E-state index in [1.807, 2.05) is 0 Å². The summed E-state index contributed by atoms with van der Waals surface area (Å²) in [7, 11) is 0. The quantitative estimate of drug-likeness (QED) is 0.709. The molecule has 0 N–H and O–H groups in total. The number of amides is 1. The molecule has 1 unspecified atom stereocenters. The lowest BCUT2D eigenvalue weighted by Crippen LogP contribution is -2.59. The van der Waals surface area contributed by atoms with Gasteiger partial charge in [-0.1, -0.05) is 20.8 Å². The van der Waals surface area contributed by atoms with Crippen LogP contribution in [0.5, 0.6) is 0 Å². The SMILES string of the molecule is CC(C)C1CN(c2nc(C3CC3)c3c(c2C#N)CC(C)(C)OC3)CCN1C(=O)C1(C)CC1. The van der Waals surface area contributed by atoms with Crippen molar-refractivity contribution in [1.29, 1.82) is 5.26 Å². The van der Waals surface area contributed by atoms with E-state index in [1.165, 1.54) is 12.8 Å². The van der Waals surface area contributed by atoms with Crippen molar-refractivity contribution in [3.8, 4) is 6.07 Å². The minimum absolute atomic E-state index is 0.141. The average Bonchev–Trinajstić information content (AvgIpc) is 3.68. The first kappa shape index (κ1) is 21.7. The Kier molecular flexibility index (Phi) is 5.05. The third-order valence-electron chi connectivity index (χ3n) is 7.98. The number of carbonyl (C=O) groups excluding carboxylic acids is 1. The van der Waals surface area contributed by atoms with Gasteiger partial charge < -0.3 is 14.5 Å². The molecule has 172 valence electrons. The Hall–Kier alpha value is -2.13. The lowest BCUT2D eigenvalue weighted by atomic mass is 9.87. The van der Waals surface area contributed by atoms with Crippen LogP contribution in [0.2, 0.25) is 0 Å². The molecule has 32 heavy (non-hydrogen) atoms. The second kappa shape index (κ2) is 7.45. The van der Waals surface area contributed by atoms with Crippen LogP contribution in [-0.2, 0) is 22.6 Å². The predicted molar refractivity (Wildman–Crippen MR) is 123 cm³/mol. The molecule has 2 aliphatic heterocycles. The molecule has 1 aromatic rings. The van der Waals surface area contributed by atoms with E-state index < -0.39 is 0 Å². The van der Waals surface area contributed by atoms with Crippen molar-refractivity contribution in [2.24, 2.45) is 11.3 Å². The first-order valence-electron chi connectivity index (χ1n) is 12.3. The lowest BCUT2D eigenvalue weighted by Gasteiger charge is -2.45. The molecule has 2 aliphatic carbocycles. The number of aromatic nitrogens is 1. The van der Waals surface area contributed by atoms with Crippen LogP contribution < -0.4 is 4.90 Å². The number of rotatable bonds is 4. The average molecular weight is 437 g/mol. The van der Waals surface area contributed by atoms with Crippen LogP contribution in [0.15, 0.2) is 0 Å². The van der Waals surface area contributed by atoms with Gasteiger partial charge >= 0.3 is 0 Å². The largest absolute Gasteiger partial charge is 0.370 e. The van der Waals surface area contributed by atoms with Gasteiger partial charge in [-0.05, 0) is 51.0 Å². The van der Waals surface area contributed by atoms with Crippen LogP contribution in [0.4, 0.5) is 5.82 Å². The molecular formula is C26H36N4O2. The molecule has 1 amide bonds. The van der Waals surface area contributed by atoms with Crippen molar-refractivity contribution < 1.29 is 9.53 Å². The zero-order chi connectivity index (χ0) is 22.8. The van der Waals surface area contributed by atoms with Crippen LogP contribution in [0.3, 0.4) is 0 Å². The molecule has 0 spiro atoms. The smallest absolute Gasteiger partial charge is 0.228 e. The summed E-state index contributed by atoms with van der Waals surface area (Å²) < 4.78 is 6.11. The highest BCUT2D eigenvalue weighted by atomic mass is 16.5. The van der Waals surface area contributed by atoms with Gasteiger partial charge in [-0.25, -0.2) is 4.98 Å². The number of nitrogens with zero attached hydrogens (tertiary/aromatic N) is 4. The highest BCUT2D eigenvalue weighted by molar-refractivity contribution is 5.85. The van der Waals surface area contributed by atoms with E-state index in [4.69, 9.17) is 9.72 Å². The minimum atomic E-state index is -0.274. The third-order valence-corrected chi connectivity index (χ3v) is 7.98. The Labute approximate surface area is 191 Å². The number of hydrogen-bond donors (Lipinski definition) is 0. The Morgan fingerprint density at radius 1 is 1.19 bits per heavy atom. The fraction of sp³-hybridized carbons (Fsp3) is 0.731. The van der Waals surface area contributed by atoms with Crippen molar-refractivity contribution in [2.75, 3.05) is 24.5 Å². The van der Waals surface area contributed by atoms with Gasteiger partial charge in [0.15, 0.2) is 0 Å². The van der Waals surface area contributed by atoms with Crippen LogP contribution in [0.25, 0.3) is 0 Å². The number of pyridine rings is 1. The molecule has 3 fully saturated rings. The van der Waals surface area contributed by atoms with E-state index in [-0.39, 0.29) is 17.1 Å². The molecule has 0 aromatic carbocycles. The first-order chi connectivity index (χ1) is 15.1. The topological polar surface area (TPSA) is 69.5 Å². The van der Waals surface area contributed by atoms with Gasteiger partial charge in [0.05, 0.1) is 29.5 Å². The molecule has 0 radical (unpaired) electrons. The summed E-state index contributed by atoms with van der Waals surface area (Å²) >= 11 is 0. The number of anilines is 1. The lowest BCUT2D eigenvalue weighted by molar-refractivity contribution is -0.140. The Bertz CT molecular complexity index is 985. The van der Waals surface area contributed by atoms with Gasteiger partial charge in [-0.3, -0.25) is 4.79 Å². The number of hydrogen-bond acceptors (Lipinski definition) is 5. The van der Waals surface area contributed by atoms with E-state index in [9.17, 15) is 10.1 Å². The minimum Gasteiger partial charge on any atom is -0.370 e. The van der Waals surface area contributed by atoms with Gasteiger partial charge in [-0.2, -0.15) is 5.26 Å². The summed E-state index contributed by atoms with van der Waals surface area (Å²) in [6.45, 7) is 13.4. The second-order valence-corrected chi connectivity index (χ2v) is 11.6. The molecule has 6 heteroatoms. The standard InChI is InChI=1S/C26H36N4O2/c1-16(2)21-14-29(10-11-30(21)24(31)26(5)8-9-26)23-19(13-27)18-12-25(3,4)32-15-20(18)22(28-23)17-6-7-17/h16-17,21H,6-12,14-15H2,1-5H3. The zero-order valence-corrected chi connectivity index (χ0v) is 20.2. The van der Waals surface area contributed by atoms with Crippen molar-refractivity contribution in [1.82, 2.24) is 9.88 Å². The van der Waals surface area contributed by atoms with E-state index in [0.29, 0.717) is 30.9 Å². The molecule has 4 aliphatic rings. The number of carbonyl (C=O) groups is 1. The summed E-state index contributed by atoms with van der Waals surface area (Å²) in [4.78, 5) is 22.7. The molecule has 1 saturated heterocycles. The predicted octanol–water partition coefficient (Wildman–Crippen LogP) is 4.16. The van der Waals surface area contributed by atoms with E-state index in [0.717, 1.165) is 60.6 Å². The Morgan fingerprint density at radius 2 is 1.91 bits per heavy atom. The molecule has 1 aromatic heterocycles. The summed E-state index contributed by atoms with van der Waals surface area (Å²) in [6, 6.07) is 2.66. The van der Waals surface area contributed by atoms with Gasteiger partial charge in [-0.15, -0.1) is 0 Å². The molecule has 3 heterocycles. The van der Waals surface area contributed by atoms with Crippen molar-refractivity contribution in [2.45, 2.75) is 90.9 Å². The normalized spacial score (nSPS) is 26.0. The number of nitriles is 1. The maximum Gasteiger partial charge on any atom is 0.228 e. The molecule has 5 rings (SSSR count). The number of piperazine rings is 1. The monoisotopic (exact) mass is 436 g/mol. The Morgan fingerprint density at radius 3 is 2.50 bits per heavy atom. The highest BCUT2D eigenvalue weighted by Gasteiger charge is 2.49. The zero-order valence-electron chi connectivity index (χ0n) is 20.2. The second-order valence-electron chi connectivity index (χ2n) is 11.6. The maximum atomic E-state index is 13.2. The highest BCUT2D eigenvalue weighted by Crippen LogP contribution is 2.48. The van der Waals surface area contributed by atoms with Gasteiger partial charge in [0.25, 0.3) is 0 Å². The van der Waals surface area contributed by atoms with Gasteiger partial charge in [0, 0.05) is 43.0 Å². The fourth-order valence-electron chi connectivity index (χ4n) is 5.39. The van der Waals surface area contributed by atoms with Crippen LogP contribution in [0.1, 0.15) is 88.6 Å². The molecule has 6 nitrogen and oxygen atoms in total. The van der Waals surface area contributed by atoms with Gasteiger partial charge in [0.1, 0.15) is 11.9 Å². The maximum absolute atomic E-state index is 13.2. The number of fused-ring (bicyclic) bond motifs is 1.